The first kappa shape index (κ1) is 13.6. The minimum Gasteiger partial charge on any atom is -0.489 e. The van der Waals surface area contributed by atoms with Crippen molar-refractivity contribution in [3.63, 3.8) is 0 Å². The van der Waals surface area contributed by atoms with E-state index in [2.05, 4.69) is 5.32 Å². The maximum Gasteiger partial charge on any atom is 0.251 e. The van der Waals surface area contributed by atoms with E-state index in [0.717, 1.165) is 6.42 Å². The molecule has 1 atom stereocenters. The van der Waals surface area contributed by atoms with E-state index in [1.807, 2.05) is 6.92 Å². The van der Waals surface area contributed by atoms with Gasteiger partial charge in [-0.3, -0.25) is 4.79 Å². The van der Waals surface area contributed by atoms with Gasteiger partial charge in [0.05, 0.1) is 18.2 Å². The van der Waals surface area contributed by atoms with Crippen LogP contribution < -0.4 is 14.8 Å². The number of rotatable bonds is 3. The van der Waals surface area contributed by atoms with Crippen molar-refractivity contribution in [1.82, 2.24) is 5.32 Å². The molecule has 1 saturated carbocycles. The minimum atomic E-state index is -0.109. The van der Waals surface area contributed by atoms with Crippen molar-refractivity contribution in [1.29, 1.82) is 0 Å². The quantitative estimate of drug-likeness (QED) is 0.932. The van der Waals surface area contributed by atoms with Gasteiger partial charge in [-0.15, -0.1) is 0 Å². The summed E-state index contributed by atoms with van der Waals surface area (Å²) in [5, 5.41) is 3.44. The molecule has 0 spiro atoms. The third-order valence-corrected chi connectivity index (χ3v) is 4.03. The highest BCUT2D eigenvalue weighted by Gasteiger charge is 2.29. The molecule has 1 amide bonds. The molecule has 0 radical (unpaired) electrons. The fraction of sp³-hybridized carbons (Fsp3) is 0.533. The fourth-order valence-corrected chi connectivity index (χ4v) is 2.63. The Morgan fingerprint density at radius 2 is 2.10 bits per heavy atom. The van der Waals surface area contributed by atoms with Gasteiger partial charge in [0.15, 0.2) is 11.5 Å². The lowest BCUT2D eigenvalue weighted by atomic mass is 10.1. The predicted molar refractivity (Wildman–Crippen MR) is 76.7 cm³/mol. The van der Waals surface area contributed by atoms with Gasteiger partial charge >= 0.3 is 0 Å². The molecule has 5 heteroatoms. The first-order valence-corrected chi connectivity index (χ1v) is 7.43. The first-order chi connectivity index (χ1) is 9.65. The van der Waals surface area contributed by atoms with E-state index in [1.54, 1.807) is 12.1 Å². The molecule has 1 heterocycles. The van der Waals surface area contributed by atoms with Crippen LogP contribution >= 0.6 is 11.6 Å². The molecule has 4 nitrogen and oxygen atoms in total. The smallest absolute Gasteiger partial charge is 0.251 e. The highest BCUT2D eigenvalue weighted by atomic mass is 35.5. The molecular weight excluding hydrogens is 278 g/mol. The summed E-state index contributed by atoms with van der Waals surface area (Å²) in [6.07, 6.45) is 3.21. The van der Waals surface area contributed by atoms with E-state index in [9.17, 15) is 4.79 Å². The number of benzene rings is 1. The molecule has 2 aliphatic rings. The summed E-state index contributed by atoms with van der Waals surface area (Å²) in [5.74, 6) is 1.60. The van der Waals surface area contributed by atoms with Crippen molar-refractivity contribution >= 4 is 17.5 Å². The summed E-state index contributed by atoms with van der Waals surface area (Å²) in [7, 11) is 0. The topological polar surface area (TPSA) is 47.6 Å². The zero-order valence-electron chi connectivity index (χ0n) is 11.4. The number of fused-ring (bicyclic) bond motifs is 1. The largest absolute Gasteiger partial charge is 0.489 e. The number of carbonyl (C=O) groups is 1. The van der Waals surface area contributed by atoms with Crippen LogP contribution in [0, 0.1) is 5.92 Å². The third-order valence-electron chi connectivity index (χ3n) is 3.75. The van der Waals surface area contributed by atoms with E-state index in [-0.39, 0.29) is 11.9 Å². The Kier molecular flexibility index (Phi) is 3.74. The van der Waals surface area contributed by atoms with E-state index in [1.165, 1.54) is 12.8 Å². The van der Waals surface area contributed by atoms with Gasteiger partial charge in [0, 0.05) is 18.0 Å². The molecule has 3 rings (SSSR count). The lowest BCUT2D eigenvalue weighted by Gasteiger charge is -2.15. The Morgan fingerprint density at radius 1 is 1.35 bits per heavy atom. The molecular formula is C15H18ClNO3. The van der Waals surface area contributed by atoms with Gasteiger partial charge < -0.3 is 14.8 Å². The monoisotopic (exact) mass is 295 g/mol. The van der Waals surface area contributed by atoms with Crippen LogP contribution in [-0.2, 0) is 0 Å². The second-order valence-corrected chi connectivity index (χ2v) is 5.84. The van der Waals surface area contributed by atoms with Crippen LogP contribution in [0.1, 0.15) is 36.5 Å². The predicted octanol–water partition coefficient (Wildman–Crippen LogP) is 3.03. The molecule has 108 valence electrons. The molecule has 1 aliphatic heterocycles. The summed E-state index contributed by atoms with van der Waals surface area (Å²) in [4.78, 5) is 12.2. The standard InChI is InChI=1S/C15H18ClNO3/c1-9(10-3-4-10)17-15(18)11-7-12(16)14-13(8-11)19-5-2-6-20-14/h7-10H,2-6H2,1H3,(H,17,18). The summed E-state index contributed by atoms with van der Waals surface area (Å²) >= 11 is 6.19. The van der Waals surface area contributed by atoms with Gasteiger partial charge in [-0.1, -0.05) is 11.6 Å². The van der Waals surface area contributed by atoms with Crippen molar-refractivity contribution in [3.05, 3.63) is 22.7 Å². The van der Waals surface area contributed by atoms with E-state index >= 15 is 0 Å². The minimum absolute atomic E-state index is 0.109. The van der Waals surface area contributed by atoms with Crippen molar-refractivity contribution < 1.29 is 14.3 Å². The van der Waals surface area contributed by atoms with Crippen LogP contribution in [0.2, 0.25) is 5.02 Å². The number of carbonyl (C=O) groups excluding carboxylic acids is 1. The second-order valence-electron chi connectivity index (χ2n) is 5.44. The Hall–Kier alpha value is -1.42. The van der Waals surface area contributed by atoms with E-state index < -0.39 is 0 Å². The fourth-order valence-electron chi connectivity index (χ4n) is 2.37. The second kappa shape index (κ2) is 5.52. The number of ether oxygens (including phenoxy) is 2. The third kappa shape index (κ3) is 2.85. The Labute approximate surface area is 123 Å². The van der Waals surface area contributed by atoms with Crippen LogP contribution in [0.5, 0.6) is 11.5 Å². The van der Waals surface area contributed by atoms with Crippen molar-refractivity contribution in [2.45, 2.75) is 32.2 Å². The number of amides is 1. The number of halogens is 1. The molecule has 1 aromatic rings. The summed E-state index contributed by atoms with van der Waals surface area (Å²) in [6.45, 7) is 3.20. The van der Waals surface area contributed by atoms with Crippen molar-refractivity contribution in [2.75, 3.05) is 13.2 Å². The molecule has 0 aromatic heterocycles. The maximum atomic E-state index is 12.2. The maximum absolute atomic E-state index is 12.2. The zero-order chi connectivity index (χ0) is 14.1. The van der Waals surface area contributed by atoms with Crippen LogP contribution in [0.15, 0.2) is 12.1 Å². The number of nitrogens with one attached hydrogen (secondary N) is 1. The summed E-state index contributed by atoms with van der Waals surface area (Å²) in [5.41, 5.74) is 0.520. The highest BCUT2D eigenvalue weighted by molar-refractivity contribution is 6.32. The zero-order valence-corrected chi connectivity index (χ0v) is 12.2. The molecule has 20 heavy (non-hydrogen) atoms. The normalized spacial score (nSPS) is 19.1. The Morgan fingerprint density at radius 3 is 2.85 bits per heavy atom. The highest BCUT2D eigenvalue weighted by Crippen LogP contribution is 2.38. The van der Waals surface area contributed by atoms with Gasteiger partial charge in [-0.05, 0) is 37.8 Å². The Bertz CT molecular complexity index is 528. The van der Waals surface area contributed by atoms with Gasteiger partial charge in [0.25, 0.3) is 5.91 Å². The van der Waals surface area contributed by atoms with Crippen LogP contribution in [0.3, 0.4) is 0 Å². The van der Waals surface area contributed by atoms with Crippen LogP contribution in [0.4, 0.5) is 0 Å². The first-order valence-electron chi connectivity index (χ1n) is 7.05. The SMILES string of the molecule is CC(NC(=O)c1cc(Cl)c2c(c1)OCCCO2)C1CC1. The van der Waals surface area contributed by atoms with E-state index in [4.69, 9.17) is 21.1 Å². The number of hydrogen-bond donors (Lipinski definition) is 1. The van der Waals surface area contributed by atoms with Gasteiger partial charge in [-0.25, -0.2) is 0 Å². The summed E-state index contributed by atoms with van der Waals surface area (Å²) < 4.78 is 11.2. The molecule has 1 aromatic carbocycles. The lowest BCUT2D eigenvalue weighted by molar-refractivity contribution is 0.0935. The molecule has 1 fully saturated rings. The van der Waals surface area contributed by atoms with Gasteiger partial charge in [0.1, 0.15) is 0 Å². The lowest BCUT2D eigenvalue weighted by Crippen LogP contribution is -2.34. The average molecular weight is 296 g/mol. The van der Waals surface area contributed by atoms with Crippen molar-refractivity contribution in [2.24, 2.45) is 5.92 Å². The van der Waals surface area contributed by atoms with Crippen LogP contribution in [-0.4, -0.2) is 25.2 Å². The van der Waals surface area contributed by atoms with Crippen LogP contribution in [0.25, 0.3) is 0 Å². The molecule has 0 saturated heterocycles. The molecule has 1 N–H and O–H groups in total. The van der Waals surface area contributed by atoms with E-state index in [0.29, 0.717) is 41.2 Å². The summed E-state index contributed by atoms with van der Waals surface area (Å²) in [6, 6.07) is 3.56. The number of hydrogen-bond acceptors (Lipinski definition) is 3. The molecule has 0 bridgehead atoms. The van der Waals surface area contributed by atoms with Gasteiger partial charge in [0.2, 0.25) is 0 Å². The molecule has 1 unspecified atom stereocenters. The Balaban J connectivity index is 1.80. The molecule has 1 aliphatic carbocycles. The average Bonchev–Trinajstić information content (AvgIpc) is 3.25. The van der Waals surface area contributed by atoms with Gasteiger partial charge in [-0.2, -0.15) is 0 Å². The van der Waals surface area contributed by atoms with Crippen molar-refractivity contribution in [3.8, 4) is 11.5 Å².